The van der Waals surface area contributed by atoms with E-state index in [0.29, 0.717) is 31.1 Å². The van der Waals surface area contributed by atoms with Crippen LogP contribution in [0, 0.1) is 0 Å². The minimum atomic E-state index is -0.363. The maximum absolute atomic E-state index is 12.8. The Morgan fingerprint density at radius 3 is 2.76 bits per heavy atom. The summed E-state index contributed by atoms with van der Waals surface area (Å²) >= 11 is 13.3. The second kappa shape index (κ2) is 7.91. The average Bonchev–Trinajstić information content (AvgIpc) is 3.07. The number of ether oxygens (including phenoxy) is 1. The van der Waals surface area contributed by atoms with Crippen LogP contribution in [0.25, 0.3) is 21.5 Å². The molecule has 0 aliphatic rings. The van der Waals surface area contributed by atoms with Crippen LogP contribution in [0.1, 0.15) is 9.67 Å². The zero-order valence-electron chi connectivity index (χ0n) is 15.2. The number of nitrogens with zero attached hydrogens (tertiary/aromatic N) is 1. The zero-order valence-corrected chi connectivity index (χ0v) is 17.5. The highest BCUT2D eigenvalue weighted by Gasteiger charge is 2.19. The summed E-state index contributed by atoms with van der Waals surface area (Å²) in [5.74, 6) is 0.381. The van der Waals surface area contributed by atoms with E-state index in [1.165, 1.54) is 11.3 Å². The number of nitrogen functional groups attached to an aromatic ring is 1. The molecule has 0 bridgehead atoms. The fraction of sp³-hybridized carbons (Fsp3) is 0.0476. The summed E-state index contributed by atoms with van der Waals surface area (Å²) in [6.45, 7) is 0. The van der Waals surface area contributed by atoms with Gasteiger partial charge in [-0.05, 0) is 42.5 Å². The summed E-state index contributed by atoms with van der Waals surface area (Å²) in [5.41, 5.74) is 8.71. The number of anilines is 2. The van der Waals surface area contributed by atoms with Crippen LogP contribution in [0.3, 0.4) is 0 Å². The Bertz CT molecular complexity index is 1240. The highest BCUT2D eigenvalue weighted by Crippen LogP contribution is 2.35. The largest absolute Gasteiger partial charge is 0.497 e. The number of amides is 1. The Balaban J connectivity index is 1.70. The zero-order chi connectivity index (χ0) is 20.5. The Hall–Kier alpha value is -2.80. The number of nitrogens with one attached hydrogen (secondary N) is 1. The molecule has 146 valence electrons. The number of aromatic nitrogens is 1. The average molecular weight is 444 g/mol. The Labute approximate surface area is 181 Å². The van der Waals surface area contributed by atoms with Crippen LogP contribution in [0.4, 0.5) is 11.4 Å². The van der Waals surface area contributed by atoms with Gasteiger partial charge in [-0.25, -0.2) is 4.98 Å². The van der Waals surface area contributed by atoms with Crippen LogP contribution < -0.4 is 15.8 Å². The molecule has 0 saturated heterocycles. The first-order valence-corrected chi connectivity index (χ1v) is 10.1. The third-order valence-corrected chi connectivity index (χ3v) is 6.02. The molecule has 0 unspecified atom stereocenters. The van der Waals surface area contributed by atoms with E-state index in [-0.39, 0.29) is 5.91 Å². The molecule has 1 amide bonds. The minimum absolute atomic E-state index is 0.363. The SMILES string of the molecule is COc1cccc(-c2ccc3c(N)c(C(=O)Nc4cc(Cl)ccc4Cl)sc3n2)c1. The summed E-state index contributed by atoms with van der Waals surface area (Å²) in [4.78, 5) is 18.5. The minimum Gasteiger partial charge on any atom is -0.497 e. The molecule has 0 aliphatic heterocycles. The topological polar surface area (TPSA) is 77.2 Å². The molecule has 2 heterocycles. The molecule has 0 spiro atoms. The summed E-state index contributed by atoms with van der Waals surface area (Å²) in [7, 11) is 1.62. The van der Waals surface area contributed by atoms with Gasteiger partial charge < -0.3 is 15.8 Å². The smallest absolute Gasteiger partial charge is 0.267 e. The first-order chi connectivity index (χ1) is 14.0. The van der Waals surface area contributed by atoms with E-state index < -0.39 is 0 Å². The van der Waals surface area contributed by atoms with Crippen LogP contribution in [-0.4, -0.2) is 18.0 Å². The number of thiophene rings is 1. The maximum atomic E-state index is 12.8. The summed E-state index contributed by atoms with van der Waals surface area (Å²) in [6.07, 6.45) is 0. The van der Waals surface area contributed by atoms with Gasteiger partial charge in [0.05, 0.1) is 29.2 Å². The van der Waals surface area contributed by atoms with E-state index in [0.717, 1.165) is 22.4 Å². The number of hydrogen-bond acceptors (Lipinski definition) is 5. The summed E-state index contributed by atoms with van der Waals surface area (Å²) in [6, 6.07) is 16.2. The van der Waals surface area contributed by atoms with Gasteiger partial charge in [0.15, 0.2) is 0 Å². The molecule has 4 rings (SSSR count). The molecule has 4 aromatic rings. The molecule has 2 aromatic carbocycles. The van der Waals surface area contributed by atoms with Gasteiger partial charge in [0.25, 0.3) is 5.91 Å². The highest BCUT2D eigenvalue weighted by atomic mass is 35.5. The molecular weight excluding hydrogens is 429 g/mol. The predicted molar refractivity (Wildman–Crippen MR) is 120 cm³/mol. The van der Waals surface area contributed by atoms with Crippen molar-refractivity contribution in [2.24, 2.45) is 0 Å². The number of methoxy groups -OCH3 is 1. The van der Waals surface area contributed by atoms with Gasteiger partial charge in [-0.15, -0.1) is 11.3 Å². The monoisotopic (exact) mass is 443 g/mol. The van der Waals surface area contributed by atoms with Gasteiger partial charge in [0, 0.05) is 16.0 Å². The molecule has 3 N–H and O–H groups in total. The van der Waals surface area contributed by atoms with Crippen molar-refractivity contribution in [3.05, 3.63) is 69.5 Å². The third kappa shape index (κ3) is 3.87. The maximum Gasteiger partial charge on any atom is 0.267 e. The Morgan fingerprint density at radius 1 is 1.14 bits per heavy atom. The second-order valence-corrected chi connectivity index (χ2v) is 8.05. The van der Waals surface area contributed by atoms with Crippen LogP contribution in [0.15, 0.2) is 54.6 Å². The second-order valence-electron chi connectivity index (χ2n) is 6.20. The van der Waals surface area contributed by atoms with Crippen LogP contribution in [0.5, 0.6) is 5.75 Å². The molecule has 2 aromatic heterocycles. The number of benzene rings is 2. The van der Waals surface area contributed by atoms with Crippen LogP contribution in [-0.2, 0) is 0 Å². The van der Waals surface area contributed by atoms with Crippen molar-refractivity contribution >= 4 is 62.0 Å². The molecule has 0 atom stereocenters. The van der Waals surface area contributed by atoms with Gasteiger partial charge in [-0.2, -0.15) is 0 Å². The van der Waals surface area contributed by atoms with Gasteiger partial charge in [0.2, 0.25) is 0 Å². The summed E-state index contributed by atoms with van der Waals surface area (Å²) < 4.78 is 5.27. The molecule has 0 aliphatic carbocycles. The highest BCUT2D eigenvalue weighted by molar-refractivity contribution is 7.21. The van der Waals surface area contributed by atoms with Crippen molar-refractivity contribution in [2.45, 2.75) is 0 Å². The summed E-state index contributed by atoms with van der Waals surface area (Å²) in [5, 5.41) is 4.35. The van der Waals surface area contributed by atoms with Gasteiger partial charge in [0.1, 0.15) is 15.5 Å². The quantitative estimate of drug-likeness (QED) is 0.398. The normalized spacial score (nSPS) is 10.9. The Morgan fingerprint density at radius 2 is 1.97 bits per heavy atom. The molecular formula is C21H15Cl2N3O2S. The van der Waals surface area contributed by atoms with E-state index in [2.05, 4.69) is 10.3 Å². The number of halogens is 2. The fourth-order valence-corrected chi connectivity index (χ4v) is 4.21. The fourth-order valence-electron chi connectivity index (χ4n) is 2.88. The third-order valence-electron chi connectivity index (χ3n) is 4.34. The van der Waals surface area contributed by atoms with E-state index in [9.17, 15) is 4.79 Å². The van der Waals surface area contributed by atoms with Crippen molar-refractivity contribution < 1.29 is 9.53 Å². The lowest BCUT2D eigenvalue weighted by molar-refractivity contribution is 0.103. The number of carbonyl (C=O) groups excluding carboxylic acids is 1. The number of carbonyl (C=O) groups is 1. The lowest BCUT2D eigenvalue weighted by Gasteiger charge is -2.07. The number of nitrogens with two attached hydrogens (primary N) is 1. The molecule has 0 fully saturated rings. The number of rotatable bonds is 4. The van der Waals surface area contributed by atoms with Crippen molar-refractivity contribution in [1.29, 1.82) is 0 Å². The molecule has 8 heteroatoms. The lowest BCUT2D eigenvalue weighted by Crippen LogP contribution is -2.12. The van der Waals surface area contributed by atoms with Gasteiger partial charge >= 0.3 is 0 Å². The van der Waals surface area contributed by atoms with E-state index in [4.69, 9.17) is 33.7 Å². The first kappa shape index (κ1) is 19.5. The van der Waals surface area contributed by atoms with Crippen molar-refractivity contribution in [1.82, 2.24) is 4.98 Å². The molecule has 5 nitrogen and oxygen atoms in total. The predicted octanol–water partition coefficient (Wildman–Crippen LogP) is 6.11. The van der Waals surface area contributed by atoms with E-state index in [1.807, 2.05) is 36.4 Å². The van der Waals surface area contributed by atoms with Gasteiger partial charge in [-0.1, -0.05) is 35.3 Å². The van der Waals surface area contributed by atoms with Crippen molar-refractivity contribution in [2.75, 3.05) is 18.2 Å². The van der Waals surface area contributed by atoms with E-state index >= 15 is 0 Å². The van der Waals surface area contributed by atoms with Gasteiger partial charge in [-0.3, -0.25) is 4.79 Å². The molecule has 0 radical (unpaired) electrons. The van der Waals surface area contributed by atoms with E-state index in [1.54, 1.807) is 25.3 Å². The molecule has 0 saturated carbocycles. The first-order valence-electron chi connectivity index (χ1n) is 8.56. The number of fused-ring (bicyclic) bond motifs is 1. The van der Waals surface area contributed by atoms with Crippen LogP contribution >= 0.6 is 34.5 Å². The van der Waals surface area contributed by atoms with Crippen molar-refractivity contribution in [3.8, 4) is 17.0 Å². The number of pyridine rings is 1. The Kier molecular flexibility index (Phi) is 5.32. The number of hydrogen-bond donors (Lipinski definition) is 2. The van der Waals surface area contributed by atoms with Crippen molar-refractivity contribution in [3.63, 3.8) is 0 Å². The molecule has 29 heavy (non-hydrogen) atoms. The lowest BCUT2D eigenvalue weighted by atomic mass is 10.1. The van der Waals surface area contributed by atoms with Crippen LogP contribution in [0.2, 0.25) is 10.0 Å². The standard InChI is InChI=1S/C21H15Cl2N3O2S/c1-28-13-4-2-3-11(9-13)16-8-6-14-18(24)19(29-21(14)26-16)20(27)25-17-10-12(22)5-7-15(17)23/h2-10H,24H2,1H3,(H,25,27).